The lowest BCUT2D eigenvalue weighted by atomic mass is 9.93. The number of aryl methyl sites for hydroxylation is 3. The number of nitrogen functional groups attached to an aromatic ring is 3. The number of benzene rings is 3. The van der Waals surface area contributed by atoms with Crippen molar-refractivity contribution in [1.29, 1.82) is 0 Å². The number of piperidine rings is 2. The number of methoxy groups -OCH3 is 2. The van der Waals surface area contributed by atoms with Crippen molar-refractivity contribution >= 4 is 139 Å². The minimum Gasteiger partial charge on any atom is -0.497 e. The number of nitrogens with two attached hydrogens (primary N) is 3. The molecule has 10 heterocycles. The van der Waals surface area contributed by atoms with Gasteiger partial charge in [0.2, 0.25) is 18.2 Å². The first-order valence-electron chi connectivity index (χ1n) is 30.9. The highest BCUT2D eigenvalue weighted by atomic mass is 35.5. The molecule has 0 aliphatic carbocycles. The molecule has 4 aliphatic rings. The minimum absolute atomic E-state index is 0.163. The van der Waals surface area contributed by atoms with Crippen LogP contribution in [0.1, 0.15) is 63.9 Å². The summed E-state index contributed by atoms with van der Waals surface area (Å²) in [6, 6.07) is 20.9. The molecule has 3 amide bonds. The number of hydrogen-bond acceptors (Lipinski definition) is 19. The molecule has 0 radical (unpaired) electrons. The van der Waals surface area contributed by atoms with E-state index in [-0.39, 0.29) is 11.8 Å². The minimum atomic E-state index is -0.433. The standard InChI is InChI=1S/C22H24ClN5O3S.C22H26ClN5O2S.C21H24ClN5O2S/c23-15-9-14-4-8-31-17(14)10-18(15)32-22-26-20-16(1-5-25-21(20)24)28(22)7-3-13-2-6-27(11-13)19(30)12-29;1-14(29)27-10-6-15(7-11-27)8-12-28-18-5-9-25-21(24)20(18)26-22(28)31-19-13-16(30-2)3-4-17(19)23;1-29-15-2-3-16(22)18(12-15)30-21-25-19-17(4-8-24-20(19)23)27(21)11-7-14-5-9-26(13-28)10-6-14/h1,5,9-10,13,29H,2-4,6-8,11-12H2,(H2,24,25);3-5,9,13,15H,6-8,10-12H2,1-2H3,(H2,24,25);2-4,8,12-14H,5-7,9-11H2,1H3,(H2,23,24). The lowest BCUT2D eigenvalue weighted by molar-refractivity contribution is -0.133. The van der Waals surface area contributed by atoms with Gasteiger partial charge in [-0.2, -0.15) is 0 Å². The fourth-order valence-corrected chi connectivity index (χ4v) is 15.8. The van der Waals surface area contributed by atoms with Crippen LogP contribution in [-0.2, 0) is 40.4 Å². The summed E-state index contributed by atoms with van der Waals surface area (Å²) in [5.74, 6) is 5.08. The average molecular weight is 1380 g/mol. The van der Waals surface area contributed by atoms with Gasteiger partial charge in [-0.3, -0.25) is 14.4 Å². The van der Waals surface area contributed by atoms with E-state index in [0.29, 0.717) is 86.5 Å². The Hall–Kier alpha value is -7.39. The number of aliphatic hydroxyl groups excluding tert-OH is 1. The Morgan fingerprint density at radius 3 is 1.47 bits per heavy atom. The van der Waals surface area contributed by atoms with E-state index in [1.54, 1.807) is 44.6 Å². The largest absolute Gasteiger partial charge is 0.497 e. The van der Waals surface area contributed by atoms with E-state index < -0.39 is 6.61 Å². The van der Waals surface area contributed by atoms with Crippen molar-refractivity contribution in [1.82, 2.24) is 58.3 Å². The van der Waals surface area contributed by atoms with Gasteiger partial charge in [-0.15, -0.1) is 0 Å². The molecular formula is C65H74Cl3N15O7S3. The van der Waals surface area contributed by atoms with Crippen molar-refractivity contribution in [3.63, 3.8) is 0 Å². The number of imidazole rings is 3. The maximum atomic E-state index is 11.8. The maximum Gasteiger partial charge on any atom is 0.248 e. The molecule has 0 bridgehead atoms. The fourth-order valence-electron chi connectivity index (χ4n) is 12.2. The molecule has 22 nitrogen and oxygen atoms in total. The third kappa shape index (κ3) is 15.9. The normalized spacial score (nSPS) is 15.9. The van der Waals surface area contributed by atoms with E-state index in [9.17, 15) is 14.4 Å². The summed E-state index contributed by atoms with van der Waals surface area (Å²) in [5.41, 5.74) is 24.4. The third-order valence-corrected chi connectivity index (χ3v) is 22.0. The number of nitrogens with zero attached hydrogens (tertiary/aromatic N) is 12. The molecule has 0 saturated carbocycles. The SMILES string of the molecule is COc1ccc(Cl)c(Sc2nc3c(N)nccc3n2CCC2CCN(C(C)=O)CC2)c1.COc1ccc(Cl)c(Sc2nc3c(N)nccc3n2CCC2CCN(C=O)CC2)c1.Nc1nccc2c1nc(Sc1cc3c(cc1Cl)CCO3)n2CCC1CCN(C(=O)CO)C1. The molecule has 7 N–H and O–H groups in total. The van der Waals surface area contributed by atoms with Gasteiger partial charge >= 0.3 is 0 Å². The van der Waals surface area contributed by atoms with E-state index in [1.807, 2.05) is 76.5 Å². The number of halogens is 3. The van der Waals surface area contributed by atoms with E-state index in [2.05, 4.69) is 28.7 Å². The molecule has 490 valence electrons. The van der Waals surface area contributed by atoms with Crippen molar-refractivity contribution < 1.29 is 33.7 Å². The lowest BCUT2D eigenvalue weighted by Crippen LogP contribution is -2.37. The zero-order chi connectivity index (χ0) is 65.3. The van der Waals surface area contributed by atoms with E-state index >= 15 is 0 Å². The number of carbonyl (C=O) groups is 3. The molecule has 1 atom stereocenters. The second kappa shape index (κ2) is 30.8. The first-order valence-corrected chi connectivity index (χ1v) is 34.5. The first-order chi connectivity index (χ1) is 45.1. The monoisotopic (exact) mass is 1380 g/mol. The molecule has 4 aliphatic heterocycles. The van der Waals surface area contributed by atoms with Gasteiger partial charge in [0.1, 0.15) is 40.4 Å². The highest BCUT2D eigenvalue weighted by Gasteiger charge is 2.28. The second-order valence-electron chi connectivity index (χ2n) is 23.3. The smallest absolute Gasteiger partial charge is 0.248 e. The van der Waals surface area contributed by atoms with Gasteiger partial charge < -0.3 is 64.9 Å². The Labute approximate surface area is 566 Å². The zero-order valence-electron chi connectivity index (χ0n) is 51.9. The highest BCUT2D eigenvalue weighted by molar-refractivity contribution is 7.99. The number of rotatable bonds is 19. The molecular weight excluding hydrogens is 1310 g/mol. The van der Waals surface area contributed by atoms with Crippen LogP contribution in [0.5, 0.6) is 17.2 Å². The Kier molecular flexibility index (Phi) is 22.2. The molecule has 0 spiro atoms. The summed E-state index contributed by atoms with van der Waals surface area (Å²) < 4.78 is 23.0. The van der Waals surface area contributed by atoms with Crippen LogP contribution in [0.25, 0.3) is 33.1 Å². The number of ether oxygens (including phenoxy) is 3. The van der Waals surface area contributed by atoms with Gasteiger partial charge in [-0.1, -0.05) is 34.8 Å². The Balaban J connectivity index is 0.000000143. The number of hydrogen-bond donors (Lipinski definition) is 4. The predicted molar refractivity (Wildman–Crippen MR) is 366 cm³/mol. The summed E-state index contributed by atoms with van der Waals surface area (Å²) in [6.45, 7) is 8.94. The van der Waals surface area contributed by atoms with Gasteiger partial charge in [-0.25, -0.2) is 29.9 Å². The number of amides is 3. The first kappa shape index (κ1) is 67.0. The predicted octanol–water partition coefficient (Wildman–Crippen LogP) is 11.5. The van der Waals surface area contributed by atoms with Crippen LogP contribution >= 0.6 is 70.1 Å². The van der Waals surface area contributed by atoms with Crippen LogP contribution in [0, 0.1) is 17.8 Å². The summed E-state index contributed by atoms with van der Waals surface area (Å²) >= 11 is 23.9. The number of likely N-dealkylation sites (tertiary alicyclic amines) is 3. The number of fused-ring (bicyclic) bond motifs is 4. The number of aromatic nitrogens is 9. The second-order valence-corrected chi connectivity index (χ2v) is 27.5. The number of anilines is 3. The highest BCUT2D eigenvalue weighted by Crippen LogP contribution is 2.43. The maximum absolute atomic E-state index is 11.8. The molecule has 3 aromatic carbocycles. The van der Waals surface area contributed by atoms with Gasteiger partial charge in [-0.05, 0) is 177 Å². The van der Waals surface area contributed by atoms with Gasteiger partial charge in [0.05, 0.1) is 52.4 Å². The quantitative estimate of drug-likeness (QED) is 0.0547. The lowest BCUT2D eigenvalue weighted by Gasteiger charge is -2.31. The summed E-state index contributed by atoms with van der Waals surface area (Å²) in [5, 5.41) is 13.5. The van der Waals surface area contributed by atoms with Crippen LogP contribution < -0.4 is 31.4 Å². The Morgan fingerprint density at radius 1 is 0.602 bits per heavy atom. The summed E-state index contributed by atoms with van der Waals surface area (Å²) in [6.07, 6.45) is 14.9. The Bertz CT molecular complexity index is 4160. The number of aliphatic hydroxyl groups is 1. The van der Waals surface area contributed by atoms with Gasteiger partial charge in [0.15, 0.2) is 32.9 Å². The van der Waals surface area contributed by atoms with Crippen LogP contribution in [0.3, 0.4) is 0 Å². The molecule has 13 rings (SSSR count). The third-order valence-electron chi connectivity index (χ3n) is 17.5. The van der Waals surface area contributed by atoms with E-state index in [1.165, 1.54) is 35.3 Å². The topological polar surface area (TPSA) is 279 Å². The van der Waals surface area contributed by atoms with Crippen molar-refractivity contribution in [2.45, 2.75) is 115 Å². The van der Waals surface area contributed by atoms with Crippen LogP contribution in [-0.4, -0.2) is 148 Å². The molecule has 3 saturated heterocycles. The van der Waals surface area contributed by atoms with Crippen molar-refractivity contribution in [2.24, 2.45) is 17.8 Å². The van der Waals surface area contributed by atoms with Crippen molar-refractivity contribution in [2.75, 3.05) is 83.9 Å². The van der Waals surface area contributed by atoms with E-state index in [0.717, 1.165) is 180 Å². The molecule has 93 heavy (non-hydrogen) atoms. The zero-order valence-corrected chi connectivity index (χ0v) is 56.6. The summed E-state index contributed by atoms with van der Waals surface area (Å²) in [7, 11) is 3.27. The molecule has 1 unspecified atom stereocenters. The van der Waals surface area contributed by atoms with Crippen molar-refractivity contribution in [3.8, 4) is 17.2 Å². The van der Waals surface area contributed by atoms with Crippen molar-refractivity contribution in [3.05, 3.63) is 106 Å². The van der Waals surface area contributed by atoms with Gasteiger partial charge in [0.25, 0.3) is 0 Å². The molecule has 9 aromatic rings. The van der Waals surface area contributed by atoms with Crippen LogP contribution in [0.15, 0.2) is 115 Å². The average Bonchev–Trinajstić information content (AvgIpc) is 1.67. The van der Waals surface area contributed by atoms with Crippen LogP contribution in [0.2, 0.25) is 15.1 Å². The fraction of sp³-hybridized carbons (Fsp3) is 0.400. The molecule has 6 aromatic heterocycles. The molecule has 28 heteroatoms. The number of carbonyl (C=O) groups excluding carboxylic acids is 3. The number of pyridine rings is 3. The summed E-state index contributed by atoms with van der Waals surface area (Å²) in [4.78, 5) is 69.4. The van der Waals surface area contributed by atoms with Gasteiger partial charge in [0, 0.05) is 106 Å². The van der Waals surface area contributed by atoms with Crippen LogP contribution in [0.4, 0.5) is 17.5 Å². The van der Waals surface area contributed by atoms with E-state index in [4.69, 9.17) is 86.3 Å². The molecule has 3 fully saturated rings. The Morgan fingerprint density at radius 2 is 1.03 bits per heavy atom.